The average Bonchev–Trinajstić information content (AvgIpc) is 3.14. The summed E-state index contributed by atoms with van der Waals surface area (Å²) in [5.74, 6) is -0.783. The highest BCUT2D eigenvalue weighted by molar-refractivity contribution is 6.35. The Bertz CT molecular complexity index is 964. The zero-order valence-electron chi connectivity index (χ0n) is 14.9. The van der Waals surface area contributed by atoms with Crippen molar-refractivity contribution in [1.29, 1.82) is 0 Å². The number of anilines is 1. The molecule has 2 amide bonds. The molecule has 28 heavy (non-hydrogen) atoms. The number of hydrogen-bond acceptors (Lipinski definition) is 4. The maximum atomic E-state index is 13.0. The van der Waals surface area contributed by atoms with Gasteiger partial charge in [-0.2, -0.15) is 0 Å². The molecule has 1 saturated heterocycles. The highest BCUT2D eigenvalue weighted by atomic mass is 35.5. The lowest BCUT2D eigenvalue weighted by Crippen LogP contribution is -2.43. The fraction of sp³-hybridized carbons (Fsp3) is 0.263. The van der Waals surface area contributed by atoms with Gasteiger partial charge in [0.05, 0.1) is 15.6 Å². The van der Waals surface area contributed by atoms with Crippen molar-refractivity contribution in [2.24, 2.45) is 0 Å². The van der Waals surface area contributed by atoms with Crippen molar-refractivity contribution in [3.8, 4) is 0 Å². The fourth-order valence-corrected chi connectivity index (χ4v) is 3.64. The van der Waals surface area contributed by atoms with Crippen molar-refractivity contribution in [3.05, 3.63) is 67.7 Å². The second-order valence-corrected chi connectivity index (χ2v) is 7.32. The lowest BCUT2D eigenvalue weighted by Gasteiger charge is -2.25. The number of rotatable bonds is 4. The Kier molecular flexibility index (Phi) is 5.86. The summed E-state index contributed by atoms with van der Waals surface area (Å²) in [6.45, 7) is 1.92. The summed E-state index contributed by atoms with van der Waals surface area (Å²) < 4.78 is 0. The highest BCUT2D eigenvalue weighted by Crippen LogP contribution is 2.29. The number of carbonyl (C=O) groups excluding carboxylic acids is 2. The first-order valence-electron chi connectivity index (χ1n) is 8.60. The van der Waals surface area contributed by atoms with E-state index < -0.39 is 16.9 Å². The second-order valence-electron chi connectivity index (χ2n) is 6.48. The Labute approximate surface area is 171 Å². The highest BCUT2D eigenvalue weighted by Gasteiger charge is 2.36. The van der Waals surface area contributed by atoms with Crippen LogP contribution in [0.2, 0.25) is 10.0 Å². The molecule has 3 rings (SSSR count). The molecule has 0 aliphatic carbocycles. The van der Waals surface area contributed by atoms with Crippen LogP contribution in [-0.4, -0.2) is 34.2 Å². The molecular weight excluding hydrogens is 405 g/mol. The van der Waals surface area contributed by atoms with Gasteiger partial charge in [-0.25, -0.2) is 0 Å². The van der Waals surface area contributed by atoms with Crippen molar-refractivity contribution < 1.29 is 14.5 Å². The first kappa shape index (κ1) is 20.1. The topological polar surface area (TPSA) is 92.6 Å². The number of benzene rings is 2. The Morgan fingerprint density at radius 2 is 2.00 bits per heavy atom. The van der Waals surface area contributed by atoms with E-state index in [1.807, 2.05) is 0 Å². The van der Waals surface area contributed by atoms with Crippen molar-refractivity contribution in [2.45, 2.75) is 25.8 Å². The molecule has 7 nitrogen and oxygen atoms in total. The van der Waals surface area contributed by atoms with Gasteiger partial charge in [-0.1, -0.05) is 29.3 Å². The molecule has 0 saturated carbocycles. The van der Waals surface area contributed by atoms with Crippen LogP contribution in [0.25, 0.3) is 0 Å². The number of hydrogen-bond donors (Lipinski definition) is 1. The molecule has 1 heterocycles. The summed E-state index contributed by atoms with van der Waals surface area (Å²) in [4.78, 5) is 37.8. The van der Waals surface area contributed by atoms with E-state index in [-0.39, 0.29) is 22.7 Å². The number of likely N-dealkylation sites (tertiary alicyclic amines) is 1. The summed E-state index contributed by atoms with van der Waals surface area (Å²) in [6.07, 6.45) is 1.14. The summed E-state index contributed by atoms with van der Waals surface area (Å²) in [7, 11) is 0. The van der Waals surface area contributed by atoms with Crippen LogP contribution in [0.3, 0.4) is 0 Å². The predicted molar refractivity (Wildman–Crippen MR) is 107 cm³/mol. The normalized spacial score (nSPS) is 16.1. The van der Waals surface area contributed by atoms with Crippen molar-refractivity contribution in [2.75, 3.05) is 11.9 Å². The molecule has 1 fully saturated rings. The summed E-state index contributed by atoms with van der Waals surface area (Å²) in [6, 6.07) is 8.37. The number of nitro benzene ring substituents is 1. The third-order valence-corrected chi connectivity index (χ3v) is 5.30. The van der Waals surface area contributed by atoms with Gasteiger partial charge in [0, 0.05) is 28.8 Å². The summed E-state index contributed by atoms with van der Waals surface area (Å²) in [5.41, 5.74) is 0.734. The molecule has 1 aliphatic rings. The van der Waals surface area contributed by atoms with E-state index in [9.17, 15) is 19.7 Å². The van der Waals surface area contributed by atoms with Gasteiger partial charge >= 0.3 is 0 Å². The van der Waals surface area contributed by atoms with Crippen LogP contribution < -0.4 is 5.32 Å². The molecule has 2 aromatic carbocycles. The molecule has 146 valence electrons. The SMILES string of the molecule is Cc1c(C(=O)N2CCC[C@H]2C(=O)Nc2cc(Cl)ccc2Cl)cccc1[N+](=O)[O-]. The third-order valence-electron chi connectivity index (χ3n) is 4.73. The Hall–Kier alpha value is -2.64. The molecule has 0 spiro atoms. The number of nitrogens with zero attached hydrogens (tertiary/aromatic N) is 2. The van der Waals surface area contributed by atoms with Gasteiger partial charge < -0.3 is 10.2 Å². The van der Waals surface area contributed by atoms with Crippen LogP contribution in [0.4, 0.5) is 11.4 Å². The number of carbonyl (C=O) groups is 2. The number of halogens is 2. The molecular formula is C19H17Cl2N3O4. The van der Waals surface area contributed by atoms with E-state index in [1.165, 1.54) is 36.1 Å². The molecule has 1 atom stereocenters. The lowest BCUT2D eigenvalue weighted by molar-refractivity contribution is -0.385. The minimum Gasteiger partial charge on any atom is -0.327 e. The zero-order valence-corrected chi connectivity index (χ0v) is 16.5. The molecule has 9 heteroatoms. The summed E-state index contributed by atoms with van der Waals surface area (Å²) >= 11 is 12.0. The second kappa shape index (κ2) is 8.16. The molecule has 2 aromatic rings. The van der Waals surface area contributed by atoms with Crippen LogP contribution in [0.5, 0.6) is 0 Å². The van der Waals surface area contributed by atoms with E-state index in [0.29, 0.717) is 35.1 Å². The Balaban J connectivity index is 1.84. The van der Waals surface area contributed by atoms with Gasteiger partial charge in [-0.15, -0.1) is 0 Å². The standard InChI is InChI=1S/C19H17Cl2N3O4/c1-11-13(4-2-5-16(11)24(27)28)19(26)23-9-3-6-17(23)18(25)22-15-10-12(20)7-8-14(15)21/h2,4-5,7-8,10,17H,3,6,9H2,1H3,(H,22,25)/t17-/m0/s1. The first-order chi connectivity index (χ1) is 13.3. The van der Waals surface area contributed by atoms with Gasteiger partial charge in [0.1, 0.15) is 6.04 Å². The van der Waals surface area contributed by atoms with Crippen LogP contribution in [-0.2, 0) is 4.79 Å². The largest absolute Gasteiger partial charge is 0.327 e. The zero-order chi connectivity index (χ0) is 20.4. The maximum absolute atomic E-state index is 13.0. The molecule has 0 radical (unpaired) electrons. The fourth-order valence-electron chi connectivity index (χ4n) is 3.30. The minimum absolute atomic E-state index is 0.128. The molecule has 0 aromatic heterocycles. The average molecular weight is 422 g/mol. The molecule has 1 N–H and O–H groups in total. The minimum atomic E-state index is -0.693. The smallest absolute Gasteiger partial charge is 0.273 e. The third kappa shape index (κ3) is 3.95. The summed E-state index contributed by atoms with van der Waals surface area (Å²) in [5, 5.41) is 14.6. The van der Waals surface area contributed by atoms with Crippen LogP contribution in [0.15, 0.2) is 36.4 Å². The number of nitro groups is 1. The number of amides is 2. The predicted octanol–water partition coefficient (Wildman–Crippen LogP) is 4.45. The number of nitrogens with one attached hydrogen (secondary N) is 1. The van der Waals surface area contributed by atoms with E-state index in [4.69, 9.17) is 23.2 Å². The monoisotopic (exact) mass is 421 g/mol. The van der Waals surface area contributed by atoms with Gasteiger partial charge in [-0.05, 0) is 44.0 Å². The van der Waals surface area contributed by atoms with E-state index >= 15 is 0 Å². The van der Waals surface area contributed by atoms with Gasteiger partial charge in [-0.3, -0.25) is 19.7 Å². The van der Waals surface area contributed by atoms with Crippen molar-refractivity contribution >= 4 is 46.4 Å². The first-order valence-corrected chi connectivity index (χ1v) is 9.36. The van der Waals surface area contributed by atoms with Crippen molar-refractivity contribution in [1.82, 2.24) is 4.90 Å². The van der Waals surface area contributed by atoms with Gasteiger partial charge in [0.25, 0.3) is 11.6 Å². The van der Waals surface area contributed by atoms with Gasteiger partial charge in [0.15, 0.2) is 0 Å². The Morgan fingerprint density at radius 1 is 1.25 bits per heavy atom. The molecule has 0 unspecified atom stereocenters. The Morgan fingerprint density at radius 3 is 2.71 bits per heavy atom. The lowest BCUT2D eigenvalue weighted by atomic mass is 10.0. The van der Waals surface area contributed by atoms with Gasteiger partial charge in [0.2, 0.25) is 5.91 Å². The van der Waals surface area contributed by atoms with Crippen LogP contribution >= 0.6 is 23.2 Å². The van der Waals surface area contributed by atoms with E-state index in [2.05, 4.69) is 5.32 Å². The maximum Gasteiger partial charge on any atom is 0.273 e. The quantitative estimate of drug-likeness (QED) is 0.582. The molecule has 1 aliphatic heterocycles. The van der Waals surface area contributed by atoms with E-state index in [0.717, 1.165) is 0 Å². The molecule has 0 bridgehead atoms. The van der Waals surface area contributed by atoms with E-state index in [1.54, 1.807) is 12.1 Å². The van der Waals surface area contributed by atoms with Crippen LogP contribution in [0, 0.1) is 17.0 Å². The van der Waals surface area contributed by atoms with Crippen molar-refractivity contribution in [3.63, 3.8) is 0 Å². The van der Waals surface area contributed by atoms with Crippen LogP contribution in [0.1, 0.15) is 28.8 Å².